The molecule has 1 aromatic heterocycles. The Morgan fingerprint density at radius 3 is 2.50 bits per heavy atom. The molecule has 4 nitrogen and oxygen atoms in total. The van der Waals surface area contributed by atoms with Crippen molar-refractivity contribution in [2.24, 2.45) is 5.92 Å². The lowest BCUT2D eigenvalue weighted by molar-refractivity contribution is 0.275. The van der Waals surface area contributed by atoms with Crippen LogP contribution in [0.4, 0.5) is 0 Å². The van der Waals surface area contributed by atoms with Gasteiger partial charge in [-0.3, -0.25) is 0 Å². The molecule has 5 heteroatoms. The van der Waals surface area contributed by atoms with Gasteiger partial charge in [0.2, 0.25) is 0 Å². The molecule has 1 aromatic carbocycles. The summed E-state index contributed by atoms with van der Waals surface area (Å²) in [4.78, 5) is 0. The van der Waals surface area contributed by atoms with Gasteiger partial charge in [-0.2, -0.15) is 0 Å². The number of hydrogen-bond acceptors (Lipinski definition) is 3. The van der Waals surface area contributed by atoms with Crippen LogP contribution in [0, 0.1) is 5.92 Å². The predicted molar refractivity (Wildman–Crippen MR) is 73.5 cm³/mol. The molecule has 0 saturated heterocycles. The van der Waals surface area contributed by atoms with Gasteiger partial charge >= 0.3 is 0 Å². The van der Waals surface area contributed by atoms with Gasteiger partial charge in [-0.25, -0.2) is 4.68 Å². The minimum Gasteiger partial charge on any atom is -0.390 e. The fourth-order valence-electron chi connectivity index (χ4n) is 1.84. The average molecular weight is 310 g/mol. The molecular formula is C13H16BrN3O. The van der Waals surface area contributed by atoms with Gasteiger partial charge in [0, 0.05) is 4.47 Å². The molecule has 0 radical (unpaired) electrons. The SMILES string of the molecule is CC(C)Cc1c(CO)nnn1-c1ccc(Br)cc1. The van der Waals surface area contributed by atoms with E-state index in [1.807, 2.05) is 24.3 Å². The molecule has 2 aromatic rings. The number of aliphatic hydroxyl groups excluding tert-OH is 1. The van der Waals surface area contributed by atoms with Crippen LogP contribution in [0.1, 0.15) is 25.2 Å². The molecule has 0 bridgehead atoms. The minimum absolute atomic E-state index is 0.0709. The molecule has 18 heavy (non-hydrogen) atoms. The first kappa shape index (κ1) is 13.2. The monoisotopic (exact) mass is 309 g/mol. The Hall–Kier alpha value is -1.20. The molecule has 0 aliphatic rings. The van der Waals surface area contributed by atoms with E-state index in [4.69, 9.17) is 0 Å². The molecular weight excluding hydrogens is 294 g/mol. The number of halogens is 1. The summed E-state index contributed by atoms with van der Waals surface area (Å²) in [5, 5.41) is 17.5. The van der Waals surface area contributed by atoms with E-state index in [2.05, 4.69) is 40.1 Å². The molecule has 0 saturated carbocycles. The van der Waals surface area contributed by atoms with Crippen LogP contribution in [0.15, 0.2) is 28.7 Å². The highest BCUT2D eigenvalue weighted by molar-refractivity contribution is 9.10. The van der Waals surface area contributed by atoms with Crippen molar-refractivity contribution < 1.29 is 5.11 Å². The molecule has 0 aliphatic carbocycles. The van der Waals surface area contributed by atoms with Crippen LogP contribution in [0.3, 0.4) is 0 Å². The lowest BCUT2D eigenvalue weighted by Gasteiger charge is -2.09. The molecule has 0 unspecified atom stereocenters. The topological polar surface area (TPSA) is 50.9 Å². The largest absolute Gasteiger partial charge is 0.390 e. The smallest absolute Gasteiger partial charge is 0.112 e. The number of hydrogen-bond donors (Lipinski definition) is 1. The van der Waals surface area contributed by atoms with E-state index in [-0.39, 0.29) is 6.61 Å². The van der Waals surface area contributed by atoms with Crippen LogP contribution in [-0.2, 0) is 13.0 Å². The Labute approximate surface area is 115 Å². The van der Waals surface area contributed by atoms with Crippen molar-refractivity contribution in [1.29, 1.82) is 0 Å². The summed E-state index contributed by atoms with van der Waals surface area (Å²) >= 11 is 3.41. The third-order valence-electron chi connectivity index (χ3n) is 2.67. The van der Waals surface area contributed by atoms with Crippen LogP contribution < -0.4 is 0 Å². The first-order chi connectivity index (χ1) is 8.61. The molecule has 1 N–H and O–H groups in total. The predicted octanol–water partition coefficient (Wildman–Crippen LogP) is 2.72. The summed E-state index contributed by atoms with van der Waals surface area (Å²) in [6.45, 7) is 4.21. The van der Waals surface area contributed by atoms with Crippen LogP contribution >= 0.6 is 15.9 Å². The first-order valence-corrected chi connectivity index (χ1v) is 6.71. The standard InChI is InChI=1S/C13H16BrN3O/c1-9(2)7-13-12(8-18)15-16-17(13)11-5-3-10(14)4-6-11/h3-6,9,18H,7-8H2,1-2H3. The van der Waals surface area contributed by atoms with Crippen LogP contribution in [0.25, 0.3) is 5.69 Å². The summed E-state index contributed by atoms with van der Waals surface area (Å²) in [6, 6.07) is 7.89. The molecule has 0 amide bonds. The Kier molecular flexibility index (Phi) is 4.14. The van der Waals surface area contributed by atoms with Gasteiger partial charge in [0.1, 0.15) is 5.69 Å². The molecule has 0 aliphatic heterocycles. The van der Waals surface area contributed by atoms with E-state index in [1.165, 1.54) is 0 Å². The van der Waals surface area contributed by atoms with Crippen molar-refractivity contribution in [3.05, 3.63) is 40.1 Å². The maximum atomic E-state index is 9.31. The Morgan fingerprint density at radius 1 is 1.28 bits per heavy atom. The number of aliphatic hydroxyl groups is 1. The second kappa shape index (κ2) is 5.63. The third-order valence-corrected chi connectivity index (χ3v) is 3.19. The number of benzene rings is 1. The number of aromatic nitrogens is 3. The van der Waals surface area contributed by atoms with E-state index in [0.717, 1.165) is 22.3 Å². The van der Waals surface area contributed by atoms with Gasteiger partial charge in [0.25, 0.3) is 0 Å². The molecule has 1 heterocycles. The number of rotatable bonds is 4. The van der Waals surface area contributed by atoms with Crippen molar-refractivity contribution in [1.82, 2.24) is 15.0 Å². The van der Waals surface area contributed by atoms with E-state index < -0.39 is 0 Å². The zero-order valence-electron chi connectivity index (χ0n) is 10.5. The Morgan fingerprint density at radius 2 is 1.94 bits per heavy atom. The highest BCUT2D eigenvalue weighted by atomic mass is 79.9. The second-order valence-corrected chi connectivity index (χ2v) is 5.54. The van der Waals surface area contributed by atoms with E-state index >= 15 is 0 Å². The van der Waals surface area contributed by atoms with E-state index in [9.17, 15) is 5.11 Å². The van der Waals surface area contributed by atoms with Crippen molar-refractivity contribution in [2.45, 2.75) is 26.9 Å². The van der Waals surface area contributed by atoms with Gasteiger partial charge in [-0.1, -0.05) is 35.0 Å². The average Bonchev–Trinajstić information content (AvgIpc) is 2.72. The van der Waals surface area contributed by atoms with Gasteiger partial charge in [0.05, 0.1) is 18.0 Å². The van der Waals surface area contributed by atoms with Crippen molar-refractivity contribution in [3.8, 4) is 5.69 Å². The summed E-state index contributed by atoms with van der Waals surface area (Å²) in [5.41, 5.74) is 2.60. The maximum Gasteiger partial charge on any atom is 0.112 e. The maximum absolute atomic E-state index is 9.31. The Bertz CT molecular complexity index is 520. The molecule has 0 fully saturated rings. The quantitative estimate of drug-likeness (QED) is 0.944. The summed E-state index contributed by atoms with van der Waals surface area (Å²) < 4.78 is 2.83. The molecule has 0 atom stereocenters. The van der Waals surface area contributed by atoms with Gasteiger partial charge in [-0.05, 0) is 36.6 Å². The van der Waals surface area contributed by atoms with E-state index in [1.54, 1.807) is 4.68 Å². The van der Waals surface area contributed by atoms with Crippen LogP contribution in [0.2, 0.25) is 0 Å². The Balaban J connectivity index is 2.43. The van der Waals surface area contributed by atoms with Crippen molar-refractivity contribution >= 4 is 15.9 Å². The highest BCUT2D eigenvalue weighted by Crippen LogP contribution is 2.19. The number of nitrogens with zero attached hydrogens (tertiary/aromatic N) is 3. The summed E-state index contributed by atoms with van der Waals surface area (Å²) in [5.74, 6) is 0.489. The van der Waals surface area contributed by atoms with E-state index in [0.29, 0.717) is 11.6 Å². The van der Waals surface area contributed by atoms with Gasteiger partial charge in [-0.15, -0.1) is 5.10 Å². The summed E-state index contributed by atoms with van der Waals surface area (Å²) in [7, 11) is 0. The van der Waals surface area contributed by atoms with Crippen LogP contribution in [0.5, 0.6) is 0 Å². The van der Waals surface area contributed by atoms with Crippen molar-refractivity contribution in [3.63, 3.8) is 0 Å². The fourth-order valence-corrected chi connectivity index (χ4v) is 2.10. The normalized spacial score (nSPS) is 11.2. The molecule has 96 valence electrons. The highest BCUT2D eigenvalue weighted by Gasteiger charge is 2.14. The van der Waals surface area contributed by atoms with Gasteiger partial charge in [0.15, 0.2) is 0 Å². The second-order valence-electron chi connectivity index (χ2n) is 4.63. The lowest BCUT2D eigenvalue weighted by atomic mass is 10.1. The summed E-state index contributed by atoms with van der Waals surface area (Å²) in [6.07, 6.45) is 0.846. The van der Waals surface area contributed by atoms with Crippen molar-refractivity contribution in [2.75, 3.05) is 0 Å². The van der Waals surface area contributed by atoms with Crippen LogP contribution in [-0.4, -0.2) is 20.1 Å². The molecule has 0 spiro atoms. The first-order valence-electron chi connectivity index (χ1n) is 5.92. The third kappa shape index (κ3) is 2.79. The van der Waals surface area contributed by atoms with Gasteiger partial charge < -0.3 is 5.11 Å². The zero-order chi connectivity index (χ0) is 13.1. The zero-order valence-corrected chi connectivity index (χ0v) is 12.1. The fraction of sp³-hybridized carbons (Fsp3) is 0.385. The lowest BCUT2D eigenvalue weighted by Crippen LogP contribution is -2.07. The molecule has 2 rings (SSSR count). The minimum atomic E-state index is -0.0709.